The molecule has 0 bridgehead atoms. The molecule has 0 saturated carbocycles. The van der Waals surface area contributed by atoms with Gasteiger partial charge in [0.05, 0.1) is 19.0 Å². The van der Waals surface area contributed by atoms with Crippen LogP contribution in [0, 0.1) is 0 Å². The highest BCUT2D eigenvalue weighted by atomic mass is 16.6. The van der Waals surface area contributed by atoms with Gasteiger partial charge in [0.1, 0.15) is 24.6 Å². The number of aliphatic hydroxyl groups excluding tert-OH is 4. The first-order valence-corrected chi connectivity index (χ1v) is 8.92. The molecule has 3 heterocycles. The molecule has 1 fully saturated rings. The molecule has 6 atom stereocenters. The molecule has 1 aliphatic heterocycles. The highest BCUT2D eigenvalue weighted by Crippen LogP contribution is 2.32. The van der Waals surface area contributed by atoms with Crippen molar-refractivity contribution in [1.82, 2.24) is 24.8 Å². The lowest BCUT2D eigenvalue weighted by atomic mass is 10.1. The molecule has 0 aliphatic carbocycles. The number of anilines is 1. The molecule has 1 aliphatic rings. The predicted octanol–water partition coefficient (Wildman–Crippen LogP) is -2.58. The van der Waals surface area contributed by atoms with E-state index in [1.807, 2.05) is 0 Å². The van der Waals surface area contributed by atoms with Crippen molar-refractivity contribution < 1.29 is 39.9 Å². The fourth-order valence-electron chi connectivity index (χ4n) is 3.10. The zero-order valence-electron chi connectivity index (χ0n) is 16.0. The maximum absolute atomic E-state index is 12.5. The van der Waals surface area contributed by atoms with Crippen LogP contribution in [-0.2, 0) is 9.53 Å². The van der Waals surface area contributed by atoms with Crippen molar-refractivity contribution in [2.24, 2.45) is 0 Å². The molecule has 14 nitrogen and oxygen atoms in total. The Labute approximate surface area is 169 Å². The van der Waals surface area contributed by atoms with Gasteiger partial charge in [-0.25, -0.2) is 24.5 Å². The number of nitrogens with one attached hydrogen (secondary N) is 1. The summed E-state index contributed by atoms with van der Waals surface area (Å²) in [7, 11) is 1.32. The Balaban J connectivity index is 1.90. The van der Waals surface area contributed by atoms with Gasteiger partial charge in [-0.1, -0.05) is 0 Å². The minimum Gasteiger partial charge on any atom is -0.480 e. The van der Waals surface area contributed by atoms with E-state index in [1.54, 1.807) is 0 Å². The standard InChI is InChI=1S/C16H22N6O8/c1-6(24)8(15(27)28)20-16(29)21(2)12-9-13(18-4-17-12)22(5-19-9)14-11(26)10(25)7(3-23)30-14/h4-8,10-11,14,23-26H,3H2,1-2H3,(H,20,29)(H,27,28)/t6?,7-,8?,10-,11-,14-/m1/s1. The summed E-state index contributed by atoms with van der Waals surface area (Å²) in [5.74, 6) is -1.38. The van der Waals surface area contributed by atoms with Gasteiger partial charge in [0, 0.05) is 7.05 Å². The first-order chi connectivity index (χ1) is 14.2. The molecule has 2 aromatic heterocycles. The molecule has 3 rings (SSSR count). The summed E-state index contributed by atoms with van der Waals surface area (Å²) >= 11 is 0. The summed E-state index contributed by atoms with van der Waals surface area (Å²) < 4.78 is 6.79. The highest BCUT2D eigenvalue weighted by molar-refractivity contribution is 5.99. The second kappa shape index (κ2) is 8.45. The van der Waals surface area contributed by atoms with E-state index < -0.39 is 55.3 Å². The van der Waals surface area contributed by atoms with Gasteiger partial charge in [0.2, 0.25) is 0 Å². The van der Waals surface area contributed by atoms with Gasteiger partial charge < -0.3 is 35.6 Å². The highest BCUT2D eigenvalue weighted by Gasteiger charge is 2.44. The molecular formula is C16H22N6O8. The van der Waals surface area contributed by atoms with Crippen LogP contribution in [0.25, 0.3) is 11.2 Å². The second-order valence-electron chi connectivity index (χ2n) is 6.82. The third kappa shape index (κ3) is 3.78. The molecule has 6 N–H and O–H groups in total. The number of urea groups is 1. The lowest BCUT2D eigenvalue weighted by molar-refractivity contribution is -0.141. The topological polar surface area (TPSA) is 203 Å². The number of rotatable bonds is 6. The monoisotopic (exact) mass is 426 g/mol. The number of imidazole rings is 1. The number of hydrogen-bond donors (Lipinski definition) is 6. The quantitative estimate of drug-likeness (QED) is 0.283. The summed E-state index contributed by atoms with van der Waals surface area (Å²) in [5, 5.41) is 50.3. The number of carbonyl (C=O) groups is 2. The normalized spacial score (nSPS) is 25.8. The number of carbonyl (C=O) groups excluding carboxylic acids is 1. The smallest absolute Gasteiger partial charge is 0.328 e. The van der Waals surface area contributed by atoms with Gasteiger partial charge in [-0.2, -0.15) is 0 Å². The van der Waals surface area contributed by atoms with Crippen molar-refractivity contribution in [2.75, 3.05) is 18.6 Å². The van der Waals surface area contributed by atoms with Crippen LogP contribution in [0.15, 0.2) is 12.7 Å². The molecule has 14 heteroatoms. The van der Waals surface area contributed by atoms with Crippen LogP contribution in [0.5, 0.6) is 0 Å². The summed E-state index contributed by atoms with van der Waals surface area (Å²) in [4.78, 5) is 36.9. The third-order valence-corrected chi connectivity index (χ3v) is 4.78. The lowest BCUT2D eigenvalue weighted by Crippen LogP contribution is -2.51. The number of hydrogen-bond acceptors (Lipinski definition) is 10. The maximum Gasteiger partial charge on any atom is 0.328 e. The number of aromatic nitrogens is 4. The van der Waals surface area contributed by atoms with E-state index in [0.29, 0.717) is 0 Å². The predicted molar refractivity (Wildman–Crippen MR) is 98.4 cm³/mol. The molecular weight excluding hydrogens is 404 g/mol. The lowest BCUT2D eigenvalue weighted by Gasteiger charge is -2.22. The second-order valence-corrected chi connectivity index (χ2v) is 6.82. The van der Waals surface area contributed by atoms with Crippen LogP contribution in [0.1, 0.15) is 13.2 Å². The van der Waals surface area contributed by atoms with E-state index in [2.05, 4.69) is 20.3 Å². The Morgan fingerprint density at radius 1 is 1.30 bits per heavy atom. The van der Waals surface area contributed by atoms with E-state index in [0.717, 1.165) is 11.2 Å². The van der Waals surface area contributed by atoms with Crippen LogP contribution >= 0.6 is 0 Å². The number of carboxylic acids is 1. The van der Waals surface area contributed by atoms with Gasteiger partial charge in [-0.05, 0) is 6.92 Å². The fraction of sp³-hybridized carbons (Fsp3) is 0.562. The summed E-state index contributed by atoms with van der Waals surface area (Å²) in [6, 6.07) is -2.39. The van der Waals surface area contributed by atoms with Gasteiger partial charge in [0.15, 0.2) is 29.3 Å². The molecule has 2 aromatic rings. The Hall–Kier alpha value is -2.91. The van der Waals surface area contributed by atoms with Crippen molar-refractivity contribution in [3.8, 4) is 0 Å². The van der Waals surface area contributed by atoms with Crippen LogP contribution in [0.3, 0.4) is 0 Å². The van der Waals surface area contributed by atoms with Crippen molar-refractivity contribution in [3.63, 3.8) is 0 Å². The SMILES string of the molecule is CC(O)C(NC(=O)N(C)c1ncnc2c1ncn2[C@@H]1O[C@H](CO)[C@@H](O)[C@H]1O)C(=O)O. The Morgan fingerprint density at radius 3 is 2.57 bits per heavy atom. The zero-order chi connectivity index (χ0) is 22.2. The van der Waals surface area contributed by atoms with Gasteiger partial charge in [-0.15, -0.1) is 0 Å². The van der Waals surface area contributed by atoms with Crippen molar-refractivity contribution in [3.05, 3.63) is 12.7 Å². The van der Waals surface area contributed by atoms with E-state index in [1.165, 1.54) is 24.9 Å². The molecule has 0 spiro atoms. The molecule has 2 amide bonds. The van der Waals surface area contributed by atoms with Crippen LogP contribution in [-0.4, -0.2) is 101 Å². The average molecular weight is 426 g/mol. The van der Waals surface area contributed by atoms with E-state index in [-0.39, 0.29) is 17.0 Å². The van der Waals surface area contributed by atoms with Gasteiger partial charge >= 0.3 is 12.0 Å². The van der Waals surface area contributed by atoms with Gasteiger partial charge in [0.25, 0.3) is 0 Å². The Morgan fingerprint density at radius 2 is 2.00 bits per heavy atom. The molecule has 164 valence electrons. The van der Waals surface area contributed by atoms with E-state index >= 15 is 0 Å². The maximum atomic E-state index is 12.5. The number of carboxylic acid groups (broad SMARTS) is 1. The Kier molecular flexibility index (Phi) is 6.14. The average Bonchev–Trinajstić information content (AvgIpc) is 3.26. The molecule has 0 aromatic carbocycles. The number of fused-ring (bicyclic) bond motifs is 1. The first kappa shape index (κ1) is 21.8. The number of amides is 2. The minimum absolute atomic E-state index is 0.0257. The summed E-state index contributed by atoms with van der Waals surface area (Å²) in [6.45, 7) is 0.725. The van der Waals surface area contributed by atoms with Crippen LogP contribution in [0.4, 0.5) is 10.6 Å². The largest absolute Gasteiger partial charge is 0.480 e. The fourth-order valence-corrected chi connectivity index (χ4v) is 3.10. The summed E-state index contributed by atoms with van der Waals surface area (Å²) in [6.07, 6.45) is -3.70. The molecule has 30 heavy (non-hydrogen) atoms. The van der Waals surface area contributed by atoms with E-state index in [9.17, 15) is 30.0 Å². The number of aliphatic carboxylic acids is 1. The number of nitrogens with zero attached hydrogens (tertiary/aromatic N) is 5. The number of aliphatic hydroxyl groups is 4. The van der Waals surface area contributed by atoms with Crippen LogP contribution < -0.4 is 10.2 Å². The molecule has 2 unspecified atom stereocenters. The number of ether oxygens (including phenoxy) is 1. The first-order valence-electron chi connectivity index (χ1n) is 8.92. The minimum atomic E-state index is -1.53. The molecule has 1 saturated heterocycles. The van der Waals surface area contributed by atoms with E-state index in [4.69, 9.17) is 9.84 Å². The van der Waals surface area contributed by atoms with Gasteiger partial charge in [-0.3, -0.25) is 9.47 Å². The third-order valence-electron chi connectivity index (χ3n) is 4.78. The van der Waals surface area contributed by atoms with Crippen molar-refractivity contribution >= 4 is 29.0 Å². The van der Waals surface area contributed by atoms with Crippen LogP contribution in [0.2, 0.25) is 0 Å². The molecule has 0 radical (unpaired) electrons. The Bertz CT molecular complexity index is 936. The van der Waals surface area contributed by atoms with Crippen molar-refractivity contribution in [1.29, 1.82) is 0 Å². The van der Waals surface area contributed by atoms with Crippen molar-refractivity contribution in [2.45, 2.75) is 43.6 Å². The summed E-state index contributed by atoms with van der Waals surface area (Å²) in [5.41, 5.74) is 0.302. The zero-order valence-corrected chi connectivity index (χ0v) is 16.0.